The topological polar surface area (TPSA) is 32.7 Å². The third kappa shape index (κ3) is 4.47. The molecule has 0 aromatic heterocycles. The molecule has 1 unspecified atom stereocenters. The summed E-state index contributed by atoms with van der Waals surface area (Å²) in [5, 5.41) is 10.2. The van der Waals surface area contributed by atoms with Crippen LogP contribution in [0.25, 0.3) is 5.57 Å². The Kier molecular flexibility index (Phi) is 5.68. The van der Waals surface area contributed by atoms with Crippen molar-refractivity contribution in [3.8, 4) is 5.75 Å². The Labute approximate surface area is 144 Å². The van der Waals surface area contributed by atoms with Gasteiger partial charge < -0.3 is 9.84 Å². The first kappa shape index (κ1) is 16.7. The fourth-order valence-electron chi connectivity index (χ4n) is 3.05. The lowest BCUT2D eigenvalue weighted by Gasteiger charge is -2.28. The van der Waals surface area contributed by atoms with Crippen LogP contribution in [0.15, 0.2) is 60.7 Å². The van der Waals surface area contributed by atoms with Crippen molar-refractivity contribution in [1.82, 2.24) is 4.90 Å². The number of aliphatic hydroxyl groups is 1. The van der Waals surface area contributed by atoms with Crippen LogP contribution >= 0.6 is 0 Å². The first-order valence-corrected chi connectivity index (χ1v) is 8.55. The van der Waals surface area contributed by atoms with Gasteiger partial charge in [-0.15, -0.1) is 0 Å². The zero-order valence-electron chi connectivity index (χ0n) is 14.2. The van der Waals surface area contributed by atoms with E-state index in [-0.39, 0.29) is 0 Å². The Bertz CT molecular complexity index is 681. The van der Waals surface area contributed by atoms with Gasteiger partial charge in [0.2, 0.25) is 0 Å². The van der Waals surface area contributed by atoms with E-state index in [1.165, 1.54) is 11.1 Å². The van der Waals surface area contributed by atoms with E-state index in [1.54, 1.807) is 0 Å². The number of benzene rings is 2. The predicted molar refractivity (Wildman–Crippen MR) is 98.2 cm³/mol. The largest absolute Gasteiger partial charge is 0.491 e. The Morgan fingerprint density at radius 2 is 1.83 bits per heavy atom. The van der Waals surface area contributed by atoms with E-state index in [0.29, 0.717) is 13.2 Å². The van der Waals surface area contributed by atoms with Crippen LogP contribution in [0.3, 0.4) is 0 Å². The van der Waals surface area contributed by atoms with Gasteiger partial charge in [-0.1, -0.05) is 54.6 Å². The highest BCUT2D eigenvalue weighted by Gasteiger charge is 2.16. The molecule has 1 N–H and O–H groups in total. The van der Waals surface area contributed by atoms with Crippen LogP contribution in [-0.2, 0) is 0 Å². The summed E-state index contributed by atoms with van der Waals surface area (Å²) in [6, 6.07) is 18.4. The van der Waals surface area contributed by atoms with Gasteiger partial charge in [-0.2, -0.15) is 0 Å². The molecule has 0 saturated carbocycles. The molecule has 0 aliphatic carbocycles. The van der Waals surface area contributed by atoms with Gasteiger partial charge >= 0.3 is 0 Å². The monoisotopic (exact) mass is 323 g/mol. The second-order valence-electron chi connectivity index (χ2n) is 6.34. The number of hydrogen-bond donors (Lipinski definition) is 1. The van der Waals surface area contributed by atoms with Crippen molar-refractivity contribution in [3.05, 3.63) is 71.8 Å². The van der Waals surface area contributed by atoms with Gasteiger partial charge in [0.25, 0.3) is 0 Å². The van der Waals surface area contributed by atoms with Crippen molar-refractivity contribution in [1.29, 1.82) is 0 Å². The van der Waals surface area contributed by atoms with Crippen LogP contribution in [0.5, 0.6) is 5.75 Å². The molecule has 0 fully saturated rings. The molecule has 24 heavy (non-hydrogen) atoms. The summed E-state index contributed by atoms with van der Waals surface area (Å²) in [5.41, 5.74) is 3.80. The molecule has 1 heterocycles. The molecule has 3 heteroatoms. The first-order chi connectivity index (χ1) is 11.7. The van der Waals surface area contributed by atoms with E-state index < -0.39 is 6.10 Å². The highest BCUT2D eigenvalue weighted by Crippen LogP contribution is 2.22. The quantitative estimate of drug-likeness (QED) is 0.883. The molecule has 0 bridgehead atoms. The van der Waals surface area contributed by atoms with Crippen LogP contribution in [0.2, 0.25) is 0 Å². The molecule has 2 aromatic rings. The number of nitrogens with zero attached hydrogens (tertiary/aromatic N) is 1. The van der Waals surface area contributed by atoms with Crippen molar-refractivity contribution in [3.63, 3.8) is 0 Å². The van der Waals surface area contributed by atoms with Gasteiger partial charge in [0.15, 0.2) is 0 Å². The molecule has 0 spiro atoms. The van der Waals surface area contributed by atoms with Crippen molar-refractivity contribution in [2.24, 2.45) is 0 Å². The molecular weight excluding hydrogens is 298 g/mol. The van der Waals surface area contributed by atoms with Crippen molar-refractivity contribution < 1.29 is 9.84 Å². The maximum atomic E-state index is 10.2. The standard InChI is InChI=1S/C21H25NO2/c1-17-7-5-6-10-21(17)24-16-20(23)15-22-13-11-19(12-14-22)18-8-3-2-4-9-18/h2-11,20,23H,12-16H2,1H3. The minimum absolute atomic E-state index is 0.330. The van der Waals surface area contributed by atoms with E-state index >= 15 is 0 Å². The molecule has 126 valence electrons. The normalized spacial score (nSPS) is 16.5. The zero-order valence-corrected chi connectivity index (χ0v) is 14.2. The highest BCUT2D eigenvalue weighted by atomic mass is 16.5. The van der Waals surface area contributed by atoms with E-state index in [9.17, 15) is 5.11 Å². The van der Waals surface area contributed by atoms with E-state index in [0.717, 1.165) is 30.8 Å². The molecule has 1 aliphatic rings. The summed E-state index contributed by atoms with van der Waals surface area (Å²) in [7, 11) is 0. The number of ether oxygens (including phenoxy) is 1. The number of hydrogen-bond acceptors (Lipinski definition) is 3. The summed E-state index contributed by atoms with van der Waals surface area (Å²) in [6.45, 7) is 4.84. The number of β-amino-alcohol motifs (C(OH)–C–C–N with tert-alkyl or cyclic N) is 1. The van der Waals surface area contributed by atoms with Crippen LogP contribution in [0, 0.1) is 6.92 Å². The lowest BCUT2D eigenvalue weighted by atomic mass is 9.99. The van der Waals surface area contributed by atoms with Crippen LogP contribution in [-0.4, -0.2) is 42.4 Å². The summed E-state index contributed by atoms with van der Waals surface area (Å²) >= 11 is 0. The van der Waals surface area contributed by atoms with Gasteiger partial charge in [-0.3, -0.25) is 4.90 Å². The summed E-state index contributed by atoms with van der Waals surface area (Å²) in [4.78, 5) is 2.28. The fourth-order valence-corrected chi connectivity index (χ4v) is 3.05. The molecule has 1 aliphatic heterocycles. The van der Waals surface area contributed by atoms with Gasteiger partial charge in [0.05, 0.1) is 0 Å². The molecule has 3 rings (SSSR count). The molecule has 1 atom stereocenters. The summed E-state index contributed by atoms with van der Waals surface area (Å²) in [5.74, 6) is 0.849. The average molecular weight is 323 g/mol. The Morgan fingerprint density at radius 3 is 2.54 bits per heavy atom. The fraction of sp³-hybridized carbons (Fsp3) is 0.333. The van der Waals surface area contributed by atoms with Gasteiger partial charge in [0.1, 0.15) is 18.5 Å². The van der Waals surface area contributed by atoms with Crippen molar-refractivity contribution >= 4 is 5.57 Å². The van der Waals surface area contributed by atoms with Crippen LogP contribution in [0.4, 0.5) is 0 Å². The number of para-hydroxylation sites is 1. The second kappa shape index (κ2) is 8.13. The third-order valence-corrected chi connectivity index (χ3v) is 4.43. The van der Waals surface area contributed by atoms with Crippen LogP contribution in [0.1, 0.15) is 17.5 Å². The maximum Gasteiger partial charge on any atom is 0.122 e. The Morgan fingerprint density at radius 1 is 1.08 bits per heavy atom. The second-order valence-corrected chi connectivity index (χ2v) is 6.34. The smallest absolute Gasteiger partial charge is 0.122 e. The Hall–Kier alpha value is -2.10. The summed E-state index contributed by atoms with van der Waals surface area (Å²) in [6.07, 6.45) is 2.82. The molecule has 0 amide bonds. The Balaban J connectivity index is 1.47. The van der Waals surface area contributed by atoms with E-state index in [4.69, 9.17) is 4.74 Å². The predicted octanol–water partition coefficient (Wildman–Crippen LogP) is 3.52. The molecule has 0 saturated heterocycles. The SMILES string of the molecule is Cc1ccccc1OCC(O)CN1CC=C(c2ccccc2)CC1. The minimum Gasteiger partial charge on any atom is -0.491 e. The van der Waals surface area contributed by atoms with E-state index in [2.05, 4.69) is 35.2 Å². The highest BCUT2D eigenvalue weighted by molar-refractivity contribution is 5.66. The van der Waals surface area contributed by atoms with Crippen molar-refractivity contribution in [2.45, 2.75) is 19.4 Å². The van der Waals surface area contributed by atoms with Crippen LogP contribution < -0.4 is 4.74 Å². The van der Waals surface area contributed by atoms with Crippen molar-refractivity contribution in [2.75, 3.05) is 26.2 Å². The number of rotatable bonds is 6. The number of aliphatic hydroxyl groups excluding tert-OH is 1. The molecule has 2 aromatic carbocycles. The maximum absolute atomic E-state index is 10.2. The summed E-state index contributed by atoms with van der Waals surface area (Å²) < 4.78 is 5.74. The van der Waals surface area contributed by atoms with Gasteiger partial charge in [-0.25, -0.2) is 0 Å². The van der Waals surface area contributed by atoms with Gasteiger partial charge in [0, 0.05) is 19.6 Å². The zero-order chi connectivity index (χ0) is 16.8. The molecular formula is C21H25NO2. The van der Waals surface area contributed by atoms with Gasteiger partial charge in [-0.05, 0) is 36.1 Å². The van der Waals surface area contributed by atoms with E-state index in [1.807, 2.05) is 37.3 Å². The lowest BCUT2D eigenvalue weighted by molar-refractivity contribution is 0.0714. The number of aryl methyl sites for hydroxylation is 1. The minimum atomic E-state index is -0.476. The first-order valence-electron chi connectivity index (χ1n) is 8.55. The third-order valence-electron chi connectivity index (χ3n) is 4.43. The molecule has 0 radical (unpaired) electrons. The lowest BCUT2D eigenvalue weighted by Crippen LogP contribution is -2.38. The molecule has 3 nitrogen and oxygen atoms in total. The average Bonchev–Trinajstić information content (AvgIpc) is 2.62.